The van der Waals surface area contributed by atoms with Gasteiger partial charge in [-0.05, 0) is 23.8 Å². The molecule has 2 heterocycles. The topological polar surface area (TPSA) is 87.6 Å². The Bertz CT molecular complexity index is 740. The molecule has 1 aromatic carbocycles. The Morgan fingerprint density at radius 1 is 1.17 bits per heavy atom. The second-order valence-electron chi connectivity index (χ2n) is 4.17. The summed E-state index contributed by atoms with van der Waals surface area (Å²) in [6.07, 6.45) is 2.24. The lowest BCUT2D eigenvalue weighted by molar-refractivity contribution is 1.04. The van der Waals surface area contributed by atoms with Crippen LogP contribution >= 0.6 is 0 Å². The predicted octanol–water partition coefficient (Wildman–Crippen LogP) is 1.42. The van der Waals surface area contributed by atoms with Crippen molar-refractivity contribution in [2.75, 3.05) is 5.73 Å². The number of hydrogen-bond donors (Lipinski definition) is 3. The first-order chi connectivity index (χ1) is 8.72. The molecule has 0 saturated carbocycles. The fourth-order valence-electron chi connectivity index (χ4n) is 1.91. The van der Waals surface area contributed by atoms with Gasteiger partial charge in [0, 0.05) is 18.3 Å². The van der Waals surface area contributed by atoms with E-state index >= 15 is 0 Å². The second-order valence-corrected chi connectivity index (χ2v) is 4.17. The number of hydrogen-bond acceptors (Lipinski definition) is 3. The summed E-state index contributed by atoms with van der Waals surface area (Å²) in [5, 5.41) is 0. The Morgan fingerprint density at radius 2 is 1.94 bits per heavy atom. The molecule has 0 aliphatic carbocycles. The van der Waals surface area contributed by atoms with Crippen molar-refractivity contribution >= 4 is 16.7 Å². The molecule has 0 atom stereocenters. The number of nitrogens with two attached hydrogens (primary N) is 1. The molecular formula is C13H12N4O. The van der Waals surface area contributed by atoms with Crippen molar-refractivity contribution in [2.45, 2.75) is 6.42 Å². The lowest BCUT2D eigenvalue weighted by atomic mass is 10.1. The normalized spacial score (nSPS) is 10.9. The molecule has 3 aromatic rings. The molecule has 0 amide bonds. The van der Waals surface area contributed by atoms with Gasteiger partial charge in [-0.1, -0.05) is 12.1 Å². The van der Waals surface area contributed by atoms with Crippen LogP contribution in [0.1, 0.15) is 11.4 Å². The van der Waals surface area contributed by atoms with Gasteiger partial charge in [0.2, 0.25) is 0 Å². The summed E-state index contributed by atoms with van der Waals surface area (Å²) >= 11 is 0. The van der Waals surface area contributed by atoms with Gasteiger partial charge >= 0.3 is 0 Å². The number of fused-ring (bicyclic) bond motifs is 1. The molecule has 0 unspecified atom stereocenters. The van der Waals surface area contributed by atoms with Gasteiger partial charge in [0.05, 0.1) is 5.52 Å². The van der Waals surface area contributed by atoms with Crippen LogP contribution in [-0.2, 0) is 6.42 Å². The molecule has 0 radical (unpaired) electrons. The standard InChI is InChI=1S/C13H12N4O/c14-9-3-1-8(2-4-9)7-11-16-10-5-6-15-13(18)12(10)17-11/h1-6H,7,14H2,(H,15,18)(H,16,17). The highest BCUT2D eigenvalue weighted by atomic mass is 16.1. The minimum Gasteiger partial charge on any atom is -0.399 e. The first kappa shape index (κ1) is 10.6. The number of imidazole rings is 1. The zero-order valence-electron chi connectivity index (χ0n) is 9.60. The molecule has 90 valence electrons. The smallest absolute Gasteiger partial charge is 0.273 e. The summed E-state index contributed by atoms with van der Waals surface area (Å²) in [5.74, 6) is 0.770. The van der Waals surface area contributed by atoms with E-state index in [0.29, 0.717) is 17.5 Å². The van der Waals surface area contributed by atoms with Crippen LogP contribution in [0.5, 0.6) is 0 Å². The Labute approximate surface area is 103 Å². The van der Waals surface area contributed by atoms with E-state index < -0.39 is 0 Å². The van der Waals surface area contributed by atoms with E-state index in [1.165, 1.54) is 0 Å². The molecule has 0 fully saturated rings. The number of benzene rings is 1. The van der Waals surface area contributed by atoms with Crippen molar-refractivity contribution < 1.29 is 0 Å². The summed E-state index contributed by atoms with van der Waals surface area (Å²) in [6.45, 7) is 0. The third-order valence-corrected chi connectivity index (χ3v) is 2.81. The Kier molecular flexibility index (Phi) is 2.37. The number of nitrogens with zero attached hydrogens (tertiary/aromatic N) is 1. The predicted molar refractivity (Wildman–Crippen MR) is 70.4 cm³/mol. The summed E-state index contributed by atoms with van der Waals surface area (Å²) in [5.41, 5.74) is 8.52. The minimum absolute atomic E-state index is 0.149. The highest BCUT2D eigenvalue weighted by Crippen LogP contribution is 2.12. The molecule has 0 spiro atoms. The van der Waals surface area contributed by atoms with Crippen LogP contribution in [0.15, 0.2) is 41.3 Å². The maximum absolute atomic E-state index is 11.5. The van der Waals surface area contributed by atoms with Gasteiger partial charge in [-0.3, -0.25) is 4.79 Å². The van der Waals surface area contributed by atoms with E-state index in [4.69, 9.17) is 5.73 Å². The summed E-state index contributed by atoms with van der Waals surface area (Å²) in [6, 6.07) is 9.38. The van der Waals surface area contributed by atoms with E-state index in [0.717, 1.165) is 17.1 Å². The zero-order valence-corrected chi connectivity index (χ0v) is 9.60. The molecule has 4 N–H and O–H groups in total. The largest absolute Gasteiger partial charge is 0.399 e. The van der Waals surface area contributed by atoms with Crippen LogP contribution in [-0.4, -0.2) is 15.0 Å². The first-order valence-electron chi connectivity index (χ1n) is 5.63. The molecule has 0 bridgehead atoms. The monoisotopic (exact) mass is 240 g/mol. The molecule has 3 rings (SSSR count). The molecule has 5 heteroatoms. The van der Waals surface area contributed by atoms with Gasteiger partial charge in [0.1, 0.15) is 11.3 Å². The van der Waals surface area contributed by atoms with E-state index in [2.05, 4.69) is 15.0 Å². The number of anilines is 1. The summed E-state index contributed by atoms with van der Waals surface area (Å²) in [7, 11) is 0. The highest BCUT2D eigenvalue weighted by Gasteiger charge is 2.06. The number of aromatic nitrogens is 3. The second kappa shape index (κ2) is 4.03. The maximum Gasteiger partial charge on any atom is 0.273 e. The third kappa shape index (κ3) is 1.86. The summed E-state index contributed by atoms with van der Waals surface area (Å²) in [4.78, 5) is 21.6. The lowest BCUT2D eigenvalue weighted by Crippen LogP contribution is -2.04. The van der Waals surface area contributed by atoms with Crippen molar-refractivity contribution in [2.24, 2.45) is 0 Å². The van der Waals surface area contributed by atoms with Gasteiger partial charge in [-0.25, -0.2) is 4.98 Å². The van der Waals surface area contributed by atoms with Crippen LogP contribution in [0.2, 0.25) is 0 Å². The van der Waals surface area contributed by atoms with Crippen LogP contribution < -0.4 is 11.3 Å². The van der Waals surface area contributed by atoms with E-state index in [-0.39, 0.29) is 5.56 Å². The number of nitrogen functional groups attached to an aromatic ring is 1. The average Bonchev–Trinajstić information content (AvgIpc) is 2.76. The van der Waals surface area contributed by atoms with E-state index in [9.17, 15) is 4.79 Å². The molecule has 18 heavy (non-hydrogen) atoms. The molecular weight excluding hydrogens is 228 g/mol. The minimum atomic E-state index is -0.149. The average molecular weight is 240 g/mol. The number of aromatic amines is 2. The maximum atomic E-state index is 11.5. The fourth-order valence-corrected chi connectivity index (χ4v) is 1.91. The van der Waals surface area contributed by atoms with Crippen molar-refractivity contribution in [3.05, 3.63) is 58.3 Å². The van der Waals surface area contributed by atoms with Gasteiger partial charge in [-0.15, -0.1) is 0 Å². The van der Waals surface area contributed by atoms with Gasteiger partial charge in [0.25, 0.3) is 5.56 Å². The molecule has 0 aliphatic heterocycles. The van der Waals surface area contributed by atoms with Crippen LogP contribution in [0.25, 0.3) is 11.0 Å². The van der Waals surface area contributed by atoms with Gasteiger partial charge in [0.15, 0.2) is 0 Å². The van der Waals surface area contributed by atoms with Gasteiger partial charge < -0.3 is 15.7 Å². The van der Waals surface area contributed by atoms with Crippen LogP contribution in [0, 0.1) is 0 Å². The van der Waals surface area contributed by atoms with Gasteiger partial charge in [-0.2, -0.15) is 0 Å². The fraction of sp³-hybridized carbons (Fsp3) is 0.0769. The molecule has 0 saturated heterocycles. The van der Waals surface area contributed by atoms with Crippen molar-refractivity contribution in [3.63, 3.8) is 0 Å². The number of nitrogens with one attached hydrogen (secondary N) is 2. The summed E-state index contributed by atoms with van der Waals surface area (Å²) < 4.78 is 0. The Morgan fingerprint density at radius 3 is 2.67 bits per heavy atom. The Balaban J connectivity index is 1.98. The van der Waals surface area contributed by atoms with Crippen molar-refractivity contribution in [1.29, 1.82) is 0 Å². The van der Waals surface area contributed by atoms with E-state index in [1.54, 1.807) is 12.3 Å². The van der Waals surface area contributed by atoms with E-state index in [1.807, 2.05) is 24.3 Å². The molecule has 5 nitrogen and oxygen atoms in total. The first-order valence-corrected chi connectivity index (χ1v) is 5.63. The SMILES string of the molecule is Nc1ccc(Cc2nc3cc[nH]c(=O)c3[nH]2)cc1. The van der Waals surface area contributed by atoms with Crippen molar-refractivity contribution in [1.82, 2.24) is 15.0 Å². The number of pyridine rings is 1. The number of rotatable bonds is 2. The van der Waals surface area contributed by atoms with Crippen molar-refractivity contribution in [3.8, 4) is 0 Å². The highest BCUT2D eigenvalue weighted by molar-refractivity contribution is 5.73. The zero-order chi connectivity index (χ0) is 12.5. The molecule has 0 aliphatic rings. The van der Waals surface area contributed by atoms with Crippen LogP contribution in [0.4, 0.5) is 5.69 Å². The quantitative estimate of drug-likeness (QED) is 0.592. The number of H-pyrrole nitrogens is 2. The Hall–Kier alpha value is -2.56. The lowest BCUT2D eigenvalue weighted by Gasteiger charge is -1.98. The third-order valence-electron chi connectivity index (χ3n) is 2.81. The van der Waals surface area contributed by atoms with Crippen LogP contribution in [0.3, 0.4) is 0 Å². The molecule has 2 aromatic heterocycles.